The Kier molecular flexibility index (Phi) is 39.2. The van der Waals surface area contributed by atoms with Gasteiger partial charge in [-0.25, -0.2) is 0 Å². The lowest BCUT2D eigenvalue weighted by atomic mass is 10.0. The molecule has 11 nitrogen and oxygen atoms in total. The highest BCUT2D eigenvalue weighted by Gasteiger charge is 2.04. The summed E-state index contributed by atoms with van der Waals surface area (Å²) in [5.74, 6) is 0. The van der Waals surface area contributed by atoms with Crippen molar-refractivity contribution in [3.8, 4) is 0 Å². The SMILES string of the molecule is CCCCCCCCCCCCC(O)COCCOCCOCCOCCOCCOCCOCCOCCOCCO. The molecule has 0 aliphatic heterocycles. The highest BCUT2D eigenvalue weighted by Crippen LogP contribution is 2.12. The number of rotatable bonds is 39. The van der Waals surface area contributed by atoms with Crippen LogP contribution >= 0.6 is 0 Å². The Balaban J connectivity index is 3.11. The van der Waals surface area contributed by atoms with Crippen molar-refractivity contribution in [2.75, 3.05) is 126 Å². The Morgan fingerprint density at radius 3 is 0.977 bits per heavy atom. The minimum Gasteiger partial charge on any atom is -0.394 e. The van der Waals surface area contributed by atoms with Gasteiger partial charge in [0.15, 0.2) is 0 Å². The van der Waals surface area contributed by atoms with Gasteiger partial charge < -0.3 is 52.8 Å². The molecule has 0 aliphatic rings. The smallest absolute Gasteiger partial charge is 0.0773 e. The molecule has 0 aromatic rings. The Morgan fingerprint density at radius 2 is 0.651 bits per heavy atom. The summed E-state index contributed by atoms with van der Waals surface area (Å²) < 4.78 is 48.7. The van der Waals surface area contributed by atoms with E-state index in [9.17, 15) is 5.11 Å². The van der Waals surface area contributed by atoms with Gasteiger partial charge in [0.25, 0.3) is 0 Å². The van der Waals surface area contributed by atoms with Crippen LogP contribution in [0.3, 0.4) is 0 Å². The van der Waals surface area contributed by atoms with Crippen LogP contribution in [0.2, 0.25) is 0 Å². The second-order valence-electron chi connectivity index (χ2n) is 10.3. The molecule has 2 N–H and O–H groups in total. The predicted molar refractivity (Wildman–Crippen MR) is 167 cm³/mol. The van der Waals surface area contributed by atoms with Crippen LogP contribution in [0.15, 0.2) is 0 Å². The van der Waals surface area contributed by atoms with Crippen LogP contribution < -0.4 is 0 Å². The zero-order valence-electron chi connectivity index (χ0n) is 27.4. The quantitative estimate of drug-likeness (QED) is 0.0969. The van der Waals surface area contributed by atoms with Crippen molar-refractivity contribution < 1.29 is 52.8 Å². The third-order valence-corrected chi connectivity index (χ3v) is 6.41. The average molecular weight is 627 g/mol. The maximum atomic E-state index is 10.0. The highest BCUT2D eigenvalue weighted by molar-refractivity contribution is 4.55. The van der Waals surface area contributed by atoms with Crippen LogP contribution in [-0.4, -0.2) is 142 Å². The Bertz CT molecular complexity index is 488. The third kappa shape index (κ3) is 39.5. The molecule has 0 aromatic heterocycles. The second kappa shape index (κ2) is 39.6. The molecule has 0 bridgehead atoms. The van der Waals surface area contributed by atoms with Gasteiger partial charge in [-0.05, 0) is 6.42 Å². The van der Waals surface area contributed by atoms with Crippen molar-refractivity contribution in [3.05, 3.63) is 0 Å². The molecule has 0 amide bonds. The van der Waals surface area contributed by atoms with E-state index in [1.165, 1.54) is 57.8 Å². The summed E-state index contributed by atoms with van der Waals surface area (Å²) in [6.45, 7) is 11.1. The van der Waals surface area contributed by atoms with Crippen LogP contribution in [0.5, 0.6) is 0 Å². The van der Waals surface area contributed by atoms with E-state index in [0.29, 0.717) is 119 Å². The highest BCUT2D eigenvalue weighted by atomic mass is 16.6. The van der Waals surface area contributed by atoms with Gasteiger partial charge in [-0.3, -0.25) is 0 Å². The lowest BCUT2D eigenvalue weighted by molar-refractivity contribution is -0.0286. The molecule has 0 radical (unpaired) electrons. The fraction of sp³-hybridized carbons (Fsp3) is 1.00. The van der Waals surface area contributed by atoms with Crippen molar-refractivity contribution >= 4 is 0 Å². The number of unbranched alkanes of at least 4 members (excludes halogenated alkanes) is 9. The van der Waals surface area contributed by atoms with E-state index in [1.54, 1.807) is 0 Å². The van der Waals surface area contributed by atoms with Gasteiger partial charge in [0.05, 0.1) is 132 Å². The molecular formula is C32H66O11. The molecule has 0 aromatic carbocycles. The van der Waals surface area contributed by atoms with E-state index >= 15 is 0 Å². The van der Waals surface area contributed by atoms with Gasteiger partial charge in [0, 0.05) is 0 Å². The van der Waals surface area contributed by atoms with Crippen molar-refractivity contribution in [2.45, 2.75) is 83.7 Å². The fourth-order valence-corrected chi connectivity index (χ4v) is 3.99. The molecule has 0 heterocycles. The fourth-order valence-electron chi connectivity index (χ4n) is 3.99. The first-order chi connectivity index (χ1) is 21.3. The molecule has 0 fully saturated rings. The minimum atomic E-state index is -0.381. The largest absolute Gasteiger partial charge is 0.394 e. The summed E-state index contributed by atoms with van der Waals surface area (Å²) in [6, 6.07) is 0. The van der Waals surface area contributed by atoms with Gasteiger partial charge in [-0.15, -0.1) is 0 Å². The number of aliphatic hydroxyl groups is 2. The lowest BCUT2D eigenvalue weighted by Crippen LogP contribution is -2.18. The number of aliphatic hydroxyl groups excluding tert-OH is 2. The molecule has 0 saturated carbocycles. The van der Waals surface area contributed by atoms with Crippen molar-refractivity contribution in [1.82, 2.24) is 0 Å². The van der Waals surface area contributed by atoms with Gasteiger partial charge in [0.1, 0.15) is 0 Å². The summed E-state index contributed by atoms with van der Waals surface area (Å²) in [4.78, 5) is 0. The van der Waals surface area contributed by atoms with Gasteiger partial charge >= 0.3 is 0 Å². The van der Waals surface area contributed by atoms with Crippen LogP contribution in [0, 0.1) is 0 Å². The molecule has 260 valence electrons. The first kappa shape index (κ1) is 42.6. The molecule has 43 heavy (non-hydrogen) atoms. The molecular weight excluding hydrogens is 560 g/mol. The number of hydrogen-bond donors (Lipinski definition) is 2. The van der Waals surface area contributed by atoms with E-state index in [0.717, 1.165) is 12.8 Å². The van der Waals surface area contributed by atoms with Crippen LogP contribution in [-0.2, 0) is 42.6 Å². The van der Waals surface area contributed by atoms with Crippen LogP contribution in [0.25, 0.3) is 0 Å². The number of ether oxygens (including phenoxy) is 9. The summed E-state index contributed by atoms with van der Waals surface area (Å²) in [7, 11) is 0. The summed E-state index contributed by atoms with van der Waals surface area (Å²) in [5.41, 5.74) is 0. The van der Waals surface area contributed by atoms with Gasteiger partial charge in [-0.2, -0.15) is 0 Å². The van der Waals surface area contributed by atoms with E-state index in [1.807, 2.05) is 0 Å². The van der Waals surface area contributed by atoms with E-state index in [-0.39, 0.29) is 12.7 Å². The molecule has 1 unspecified atom stereocenters. The normalized spacial score (nSPS) is 12.3. The standard InChI is InChI=1S/C32H66O11/c1-2-3-4-5-6-7-8-9-10-11-12-32(34)31-43-30-29-42-28-27-41-26-25-40-24-23-39-22-21-38-20-19-37-18-17-36-16-15-35-14-13-33/h32-34H,2-31H2,1H3. The number of hydrogen-bond acceptors (Lipinski definition) is 11. The molecule has 0 aliphatic carbocycles. The van der Waals surface area contributed by atoms with Gasteiger partial charge in [-0.1, -0.05) is 71.1 Å². The Morgan fingerprint density at radius 1 is 0.372 bits per heavy atom. The monoisotopic (exact) mass is 626 g/mol. The Labute approximate surface area is 262 Å². The summed E-state index contributed by atoms with van der Waals surface area (Å²) >= 11 is 0. The Hall–Kier alpha value is -0.440. The van der Waals surface area contributed by atoms with Crippen LogP contribution in [0.4, 0.5) is 0 Å². The average Bonchev–Trinajstić information content (AvgIpc) is 3.01. The molecule has 0 saturated heterocycles. The third-order valence-electron chi connectivity index (χ3n) is 6.41. The first-order valence-corrected chi connectivity index (χ1v) is 16.8. The van der Waals surface area contributed by atoms with Gasteiger partial charge in [0.2, 0.25) is 0 Å². The molecule has 11 heteroatoms. The van der Waals surface area contributed by atoms with E-state index < -0.39 is 0 Å². The van der Waals surface area contributed by atoms with Crippen LogP contribution in [0.1, 0.15) is 77.6 Å². The molecule has 0 rings (SSSR count). The topological polar surface area (TPSA) is 124 Å². The van der Waals surface area contributed by atoms with Crippen molar-refractivity contribution in [2.24, 2.45) is 0 Å². The zero-order chi connectivity index (χ0) is 31.2. The zero-order valence-corrected chi connectivity index (χ0v) is 27.4. The van der Waals surface area contributed by atoms with E-state index in [2.05, 4.69) is 6.92 Å². The summed E-state index contributed by atoms with van der Waals surface area (Å²) in [5, 5.41) is 18.6. The molecule has 0 spiro atoms. The first-order valence-electron chi connectivity index (χ1n) is 16.8. The van der Waals surface area contributed by atoms with Crippen molar-refractivity contribution in [1.29, 1.82) is 0 Å². The van der Waals surface area contributed by atoms with E-state index in [4.69, 9.17) is 47.7 Å². The maximum absolute atomic E-state index is 10.0. The molecule has 1 atom stereocenters. The predicted octanol–water partition coefficient (Wildman–Crippen LogP) is 3.80. The second-order valence-corrected chi connectivity index (χ2v) is 10.3. The lowest BCUT2D eigenvalue weighted by Gasteiger charge is -2.11. The van der Waals surface area contributed by atoms with Crippen molar-refractivity contribution in [3.63, 3.8) is 0 Å². The minimum absolute atomic E-state index is 0.0277. The maximum Gasteiger partial charge on any atom is 0.0773 e. The summed E-state index contributed by atoms with van der Waals surface area (Å²) in [6.07, 6.45) is 13.5.